The maximum atomic E-state index is 12.5. The molecule has 6 nitrogen and oxygen atoms in total. The number of amides is 1. The zero-order valence-corrected chi connectivity index (χ0v) is 15.5. The predicted octanol–water partition coefficient (Wildman–Crippen LogP) is 3.62. The molecule has 2 aromatic rings. The van der Waals surface area contributed by atoms with Gasteiger partial charge in [-0.2, -0.15) is 0 Å². The van der Waals surface area contributed by atoms with Crippen LogP contribution in [0.3, 0.4) is 0 Å². The van der Waals surface area contributed by atoms with Crippen LogP contribution < -0.4 is 5.32 Å². The number of likely N-dealkylation sites (tertiary alicyclic amines) is 1. The average Bonchev–Trinajstić information content (AvgIpc) is 3.22. The molecule has 130 valence electrons. The van der Waals surface area contributed by atoms with Gasteiger partial charge in [-0.25, -0.2) is 0 Å². The van der Waals surface area contributed by atoms with E-state index in [1.54, 1.807) is 6.26 Å². The molecular formula is C16H22N4O2S2. The summed E-state index contributed by atoms with van der Waals surface area (Å²) < 4.78 is 6.07. The number of hydrogen-bond acceptors (Lipinski definition) is 7. The first-order valence-electron chi connectivity index (χ1n) is 8.17. The molecule has 2 atom stereocenters. The number of carbonyl (C=O) groups is 1. The minimum Gasteiger partial charge on any atom is -0.467 e. The Balaban J connectivity index is 1.48. The second-order valence-corrected chi connectivity index (χ2v) is 8.22. The number of piperidine rings is 1. The Morgan fingerprint density at radius 2 is 2.21 bits per heavy atom. The predicted molar refractivity (Wildman–Crippen MR) is 96.3 cm³/mol. The molecule has 0 aliphatic carbocycles. The quantitative estimate of drug-likeness (QED) is 0.787. The number of hydrogen-bond donors (Lipinski definition) is 1. The monoisotopic (exact) mass is 366 g/mol. The fourth-order valence-corrected chi connectivity index (χ4v) is 4.64. The summed E-state index contributed by atoms with van der Waals surface area (Å²) in [5.74, 6) is 1.46. The summed E-state index contributed by atoms with van der Waals surface area (Å²) >= 11 is 2.92. The van der Waals surface area contributed by atoms with Gasteiger partial charge in [-0.1, -0.05) is 23.1 Å². The molecule has 2 aromatic heterocycles. The molecule has 1 aliphatic heterocycles. The van der Waals surface area contributed by atoms with E-state index in [-0.39, 0.29) is 5.91 Å². The smallest absolute Gasteiger partial charge is 0.233 e. The number of aromatic nitrogens is 2. The Hall–Kier alpha value is -1.54. The van der Waals surface area contributed by atoms with Crippen LogP contribution in [0.4, 0.5) is 5.13 Å². The lowest BCUT2D eigenvalue weighted by Gasteiger charge is -2.39. The Bertz CT molecular complexity index is 649. The van der Waals surface area contributed by atoms with Gasteiger partial charge in [0.2, 0.25) is 11.0 Å². The molecular weight excluding hydrogens is 344 g/mol. The summed E-state index contributed by atoms with van der Waals surface area (Å²) in [6.45, 7) is 4.85. The molecule has 0 radical (unpaired) electrons. The van der Waals surface area contributed by atoms with E-state index in [4.69, 9.17) is 4.42 Å². The molecule has 0 saturated carbocycles. The first kappa shape index (κ1) is 17.3. The maximum absolute atomic E-state index is 12.5. The molecule has 0 unspecified atom stereocenters. The highest BCUT2D eigenvalue weighted by Crippen LogP contribution is 2.28. The second kappa shape index (κ2) is 8.02. The largest absolute Gasteiger partial charge is 0.467 e. The third-order valence-electron chi connectivity index (χ3n) is 4.20. The van der Waals surface area contributed by atoms with Crippen molar-refractivity contribution in [1.29, 1.82) is 0 Å². The van der Waals surface area contributed by atoms with Crippen molar-refractivity contribution in [2.45, 2.75) is 56.1 Å². The highest BCUT2D eigenvalue weighted by atomic mass is 32.2. The van der Waals surface area contributed by atoms with Gasteiger partial charge < -0.3 is 14.6 Å². The molecule has 1 aliphatic rings. The molecule has 0 bridgehead atoms. The van der Waals surface area contributed by atoms with E-state index in [2.05, 4.69) is 29.4 Å². The Morgan fingerprint density at radius 3 is 2.92 bits per heavy atom. The molecule has 3 heterocycles. The van der Waals surface area contributed by atoms with Crippen LogP contribution in [0.25, 0.3) is 0 Å². The SMILES string of the molecule is C[C@@H]1CCC[C@@H](C)N1C(=O)CSc1nnc(NCc2ccco2)s1. The number of nitrogens with one attached hydrogen (secondary N) is 1. The summed E-state index contributed by atoms with van der Waals surface area (Å²) in [6, 6.07) is 4.43. The summed E-state index contributed by atoms with van der Waals surface area (Å²) in [7, 11) is 0. The molecule has 1 N–H and O–H groups in total. The van der Waals surface area contributed by atoms with Crippen molar-refractivity contribution in [3.8, 4) is 0 Å². The van der Waals surface area contributed by atoms with Crippen LogP contribution in [0, 0.1) is 0 Å². The zero-order valence-electron chi connectivity index (χ0n) is 13.9. The maximum Gasteiger partial charge on any atom is 0.233 e. The first-order chi connectivity index (χ1) is 11.6. The summed E-state index contributed by atoms with van der Waals surface area (Å²) in [5.41, 5.74) is 0. The van der Waals surface area contributed by atoms with Crippen LogP contribution in [0.2, 0.25) is 0 Å². The third kappa shape index (κ3) is 4.30. The normalized spacial score (nSPS) is 21.0. The van der Waals surface area contributed by atoms with Gasteiger partial charge in [-0.05, 0) is 45.2 Å². The fourth-order valence-electron chi connectivity index (χ4n) is 3.03. The van der Waals surface area contributed by atoms with Gasteiger partial charge in [0.05, 0.1) is 18.6 Å². The van der Waals surface area contributed by atoms with Gasteiger partial charge in [0.25, 0.3) is 0 Å². The van der Waals surface area contributed by atoms with Gasteiger partial charge in [-0.3, -0.25) is 4.79 Å². The lowest BCUT2D eigenvalue weighted by atomic mass is 9.98. The summed E-state index contributed by atoms with van der Waals surface area (Å²) in [6.07, 6.45) is 5.05. The van der Waals surface area contributed by atoms with Gasteiger partial charge in [0.1, 0.15) is 5.76 Å². The van der Waals surface area contributed by atoms with E-state index < -0.39 is 0 Å². The Morgan fingerprint density at radius 1 is 1.42 bits per heavy atom. The van der Waals surface area contributed by atoms with Crippen LogP contribution >= 0.6 is 23.1 Å². The zero-order chi connectivity index (χ0) is 16.9. The number of anilines is 1. The lowest BCUT2D eigenvalue weighted by Crippen LogP contribution is -2.48. The molecule has 8 heteroatoms. The minimum absolute atomic E-state index is 0.194. The van der Waals surface area contributed by atoms with E-state index in [0.717, 1.165) is 28.1 Å². The van der Waals surface area contributed by atoms with E-state index in [0.29, 0.717) is 24.4 Å². The van der Waals surface area contributed by atoms with E-state index in [1.807, 2.05) is 17.0 Å². The van der Waals surface area contributed by atoms with E-state index in [1.165, 1.54) is 29.5 Å². The number of furan rings is 1. The second-order valence-electron chi connectivity index (χ2n) is 6.02. The van der Waals surface area contributed by atoms with Gasteiger partial charge in [-0.15, -0.1) is 10.2 Å². The van der Waals surface area contributed by atoms with Gasteiger partial charge >= 0.3 is 0 Å². The summed E-state index contributed by atoms with van der Waals surface area (Å²) in [5, 5.41) is 12.2. The minimum atomic E-state index is 0.194. The van der Waals surface area contributed by atoms with Crippen molar-refractivity contribution in [3.05, 3.63) is 24.2 Å². The Labute approximate surface area is 150 Å². The highest BCUT2D eigenvalue weighted by Gasteiger charge is 2.28. The summed E-state index contributed by atoms with van der Waals surface area (Å²) in [4.78, 5) is 14.5. The third-order valence-corrected chi connectivity index (χ3v) is 6.20. The molecule has 0 spiro atoms. The molecule has 24 heavy (non-hydrogen) atoms. The average molecular weight is 367 g/mol. The number of thioether (sulfide) groups is 1. The van der Waals surface area contributed by atoms with Crippen molar-refractivity contribution < 1.29 is 9.21 Å². The number of nitrogens with zero attached hydrogens (tertiary/aromatic N) is 3. The Kier molecular flexibility index (Phi) is 5.78. The van der Waals surface area contributed by atoms with Crippen LogP contribution in [0.5, 0.6) is 0 Å². The molecule has 3 rings (SSSR count). The van der Waals surface area contributed by atoms with Crippen molar-refractivity contribution in [1.82, 2.24) is 15.1 Å². The van der Waals surface area contributed by atoms with Gasteiger partial charge in [0, 0.05) is 12.1 Å². The van der Waals surface area contributed by atoms with Crippen LogP contribution in [-0.2, 0) is 11.3 Å². The standard InChI is InChI=1S/C16H22N4O2S2/c1-11-5-3-6-12(2)20(11)14(21)10-23-16-19-18-15(24-16)17-9-13-7-4-8-22-13/h4,7-8,11-12H,3,5-6,9-10H2,1-2H3,(H,17,18)/t11-,12-/m1/s1. The number of carbonyl (C=O) groups excluding carboxylic acids is 1. The van der Waals surface area contributed by atoms with Crippen LogP contribution in [0.1, 0.15) is 38.9 Å². The van der Waals surface area contributed by atoms with Gasteiger partial charge in [0.15, 0.2) is 4.34 Å². The van der Waals surface area contributed by atoms with Crippen LogP contribution in [-0.4, -0.2) is 38.8 Å². The van der Waals surface area contributed by atoms with Crippen molar-refractivity contribution >= 4 is 34.1 Å². The number of rotatable bonds is 6. The van der Waals surface area contributed by atoms with E-state index in [9.17, 15) is 4.79 Å². The van der Waals surface area contributed by atoms with Crippen molar-refractivity contribution in [2.75, 3.05) is 11.1 Å². The highest BCUT2D eigenvalue weighted by molar-refractivity contribution is 8.01. The van der Waals surface area contributed by atoms with E-state index >= 15 is 0 Å². The topological polar surface area (TPSA) is 71.3 Å². The molecule has 1 saturated heterocycles. The molecule has 1 amide bonds. The fraction of sp³-hybridized carbons (Fsp3) is 0.562. The molecule has 0 aromatic carbocycles. The first-order valence-corrected chi connectivity index (χ1v) is 9.97. The van der Waals surface area contributed by atoms with Crippen molar-refractivity contribution in [3.63, 3.8) is 0 Å². The van der Waals surface area contributed by atoms with Crippen LogP contribution in [0.15, 0.2) is 27.2 Å². The lowest BCUT2D eigenvalue weighted by molar-refractivity contribution is -0.134. The molecule has 1 fully saturated rings. The van der Waals surface area contributed by atoms with Crippen molar-refractivity contribution in [2.24, 2.45) is 0 Å².